The molecule has 2 aliphatic rings. The second-order valence-electron chi connectivity index (χ2n) is 7.84. The Kier molecular flexibility index (Phi) is 4.91. The predicted molar refractivity (Wildman–Crippen MR) is 102 cm³/mol. The number of hydrogen-bond donors (Lipinski definition) is 0. The Balaban J connectivity index is 1.47. The number of carbonyl (C=O) groups excluding carboxylic acids is 2. The Morgan fingerprint density at radius 1 is 1.21 bits per heavy atom. The van der Waals surface area contributed by atoms with Crippen LogP contribution in [0.4, 0.5) is 4.39 Å². The van der Waals surface area contributed by atoms with E-state index < -0.39 is 0 Å². The third-order valence-corrected chi connectivity index (χ3v) is 6.13. The molecule has 2 saturated heterocycles. The summed E-state index contributed by atoms with van der Waals surface area (Å²) in [4.78, 5) is 28.7. The van der Waals surface area contributed by atoms with E-state index in [2.05, 4.69) is 5.10 Å². The van der Waals surface area contributed by atoms with E-state index in [1.54, 1.807) is 23.9 Å². The quantitative estimate of drug-likeness (QED) is 0.812. The zero-order valence-corrected chi connectivity index (χ0v) is 16.2. The van der Waals surface area contributed by atoms with Crippen LogP contribution in [-0.4, -0.2) is 51.0 Å². The summed E-state index contributed by atoms with van der Waals surface area (Å²) >= 11 is 0. The van der Waals surface area contributed by atoms with Gasteiger partial charge in [0.25, 0.3) is 0 Å². The number of aryl methyl sites for hydroxylation is 2. The van der Waals surface area contributed by atoms with E-state index in [0.29, 0.717) is 32.5 Å². The number of nitrogens with zero attached hydrogens (tertiary/aromatic N) is 4. The SMILES string of the molecule is CC(=O)N1C[C@H]2CN(C(=O)CCc3ccnn3C)C[C@H]2[C@H]1c1cccc(F)c1. The molecule has 1 aromatic heterocycles. The molecule has 2 aliphatic heterocycles. The summed E-state index contributed by atoms with van der Waals surface area (Å²) in [7, 11) is 1.87. The van der Waals surface area contributed by atoms with Crippen molar-refractivity contribution in [3.63, 3.8) is 0 Å². The second-order valence-corrected chi connectivity index (χ2v) is 7.84. The number of likely N-dealkylation sites (tertiary alicyclic amines) is 2. The molecule has 0 radical (unpaired) electrons. The summed E-state index contributed by atoms with van der Waals surface area (Å²) < 4.78 is 15.6. The monoisotopic (exact) mass is 384 g/mol. The van der Waals surface area contributed by atoms with Gasteiger partial charge in [-0.3, -0.25) is 14.3 Å². The lowest BCUT2D eigenvalue weighted by Crippen LogP contribution is -2.36. The van der Waals surface area contributed by atoms with Gasteiger partial charge in [0.1, 0.15) is 5.82 Å². The number of benzene rings is 1. The van der Waals surface area contributed by atoms with Crippen molar-refractivity contribution in [2.24, 2.45) is 18.9 Å². The normalized spacial score (nSPS) is 23.9. The van der Waals surface area contributed by atoms with Crippen molar-refractivity contribution in [2.75, 3.05) is 19.6 Å². The van der Waals surface area contributed by atoms with Crippen molar-refractivity contribution in [2.45, 2.75) is 25.8 Å². The molecule has 3 atom stereocenters. The van der Waals surface area contributed by atoms with Crippen LogP contribution in [0.3, 0.4) is 0 Å². The lowest BCUT2D eigenvalue weighted by molar-refractivity contribution is -0.131. The van der Waals surface area contributed by atoms with Gasteiger partial charge in [0, 0.05) is 63.8 Å². The van der Waals surface area contributed by atoms with Gasteiger partial charge in [-0.1, -0.05) is 12.1 Å². The second kappa shape index (κ2) is 7.37. The minimum absolute atomic E-state index is 0.00209. The Labute approximate surface area is 163 Å². The van der Waals surface area contributed by atoms with Crippen molar-refractivity contribution >= 4 is 11.8 Å². The van der Waals surface area contributed by atoms with Gasteiger partial charge < -0.3 is 9.80 Å². The molecule has 7 heteroatoms. The average Bonchev–Trinajstić information content (AvgIpc) is 3.33. The Hall–Kier alpha value is -2.70. The molecule has 4 rings (SSSR count). The highest BCUT2D eigenvalue weighted by atomic mass is 19.1. The third kappa shape index (κ3) is 3.41. The highest BCUT2D eigenvalue weighted by Gasteiger charge is 2.49. The molecular weight excluding hydrogens is 359 g/mol. The number of hydrogen-bond acceptors (Lipinski definition) is 3. The minimum atomic E-state index is -0.299. The largest absolute Gasteiger partial charge is 0.342 e. The van der Waals surface area contributed by atoms with E-state index in [0.717, 1.165) is 11.3 Å². The van der Waals surface area contributed by atoms with Crippen LogP contribution >= 0.6 is 0 Å². The maximum atomic E-state index is 13.8. The number of aromatic nitrogens is 2. The summed E-state index contributed by atoms with van der Waals surface area (Å²) in [5.74, 6) is 0.205. The van der Waals surface area contributed by atoms with Crippen molar-refractivity contribution in [1.29, 1.82) is 0 Å². The molecule has 2 fully saturated rings. The van der Waals surface area contributed by atoms with E-state index in [-0.39, 0.29) is 35.5 Å². The lowest BCUT2D eigenvalue weighted by atomic mass is 9.89. The molecule has 2 amide bonds. The summed E-state index contributed by atoms with van der Waals surface area (Å²) in [6.07, 6.45) is 2.84. The zero-order chi connectivity index (χ0) is 19.8. The fraction of sp³-hybridized carbons (Fsp3) is 0.476. The van der Waals surface area contributed by atoms with Crippen molar-refractivity contribution in [3.8, 4) is 0 Å². The molecule has 0 bridgehead atoms. The summed E-state index contributed by atoms with van der Waals surface area (Å²) in [5.41, 5.74) is 1.85. The number of fused-ring (bicyclic) bond motifs is 1. The van der Waals surface area contributed by atoms with Crippen molar-refractivity contribution in [3.05, 3.63) is 53.6 Å². The fourth-order valence-electron chi connectivity index (χ4n) is 4.73. The van der Waals surface area contributed by atoms with E-state index >= 15 is 0 Å². The van der Waals surface area contributed by atoms with Crippen molar-refractivity contribution < 1.29 is 14.0 Å². The molecular formula is C21H25FN4O2. The molecule has 1 aromatic carbocycles. The first-order chi connectivity index (χ1) is 13.4. The van der Waals surface area contributed by atoms with Gasteiger partial charge in [-0.15, -0.1) is 0 Å². The molecule has 0 saturated carbocycles. The lowest BCUT2D eigenvalue weighted by Gasteiger charge is -2.29. The summed E-state index contributed by atoms with van der Waals surface area (Å²) in [5, 5.41) is 4.14. The average molecular weight is 384 g/mol. The highest BCUT2D eigenvalue weighted by Crippen LogP contribution is 2.45. The van der Waals surface area contributed by atoms with Crippen LogP contribution in [0.2, 0.25) is 0 Å². The molecule has 2 aromatic rings. The first kappa shape index (κ1) is 18.7. The van der Waals surface area contributed by atoms with Crippen LogP contribution in [0.25, 0.3) is 0 Å². The molecule has 0 N–H and O–H groups in total. The van der Waals surface area contributed by atoms with Crippen LogP contribution in [0.5, 0.6) is 0 Å². The van der Waals surface area contributed by atoms with Gasteiger partial charge >= 0.3 is 0 Å². The molecule has 148 valence electrons. The van der Waals surface area contributed by atoms with Gasteiger partial charge in [-0.25, -0.2) is 4.39 Å². The Morgan fingerprint density at radius 2 is 2.04 bits per heavy atom. The molecule has 0 unspecified atom stereocenters. The van der Waals surface area contributed by atoms with Gasteiger partial charge in [0.15, 0.2) is 0 Å². The van der Waals surface area contributed by atoms with Crippen LogP contribution in [0.15, 0.2) is 36.5 Å². The standard InChI is InChI=1S/C21H25FN4O2/c1-14(27)26-12-16-11-25(20(28)7-6-18-8-9-23-24(18)2)13-19(16)21(26)15-4-3-5-17(22)10-15/h3-5,8-10,16,19,21H,6-7,11-13H2,1-2H3/t16-,19-,21-/m1/s1. The molecule has 0 aliphatic carbocycles. The van der Waals surface area contributed by atoms with Gasteiger partial charge in [0.05, 0.1) is 6.04 Å². The summed E-state index contributed by atoms with van der Waals surface area (Å²) in [6.45, 7) is 3.45. The maximum absolute atomic E-state index is 13.8. The van der Waals surface area contributed by atoms with Gasteiger partial charge in [-0.05, 0) is 30.2 Å². The topological polar surface area (TPSA) is 58.4 Å². The first-order valence-corrected chi connectivity index (χ1v) is 9.71. The third-order valence-electron chi connectivity index (χ3n) is 6.13. The van der Waals surface area contributed by atoms with Crippen LogP contribution in [0, 0.1) is 17.7 Å². The first-order valence-electron chi connectivity index (χ1n) is 9.71. The van der Waals surface area contributed by atoms with Crippen LogP contribution < -0.4 is 0 Å². The number of halogens is 1. The number of carbonyl (C=O) groups is 2. The zero-order valence-electron chi connectivity index (χ0n) is 16.2. The molecule has 3 heterocycles. The number of rotatable bonds is 4. The van der Waals surface area contributed by atoms with Crippen LogP contribution in [0.1, 0.15) is 30.6 Å². The molecule has 0 spiro atoms. The maximum Gasteiger partial charge on any atom is 0.222 e. The van der Waals surface area contributed by atoms with Crippen molar-refractivity contribution in [1.82, 2.24) is 19.6 Å². The smallest absolute Gasteiger partial charge is 0.222 e. The highest BCUT2D eigenvalue weighted by molar-refractivity contribution is 5.77. The van der Waals surface area contributed by atoms with Gasteiger partial charge in [-0.2, -0.15) is 5.10 Å². The Morgan fingerprint density at radius 3 is 2.71 bits per heavy atom. The predicted octanol–water partition coefficient (Wildman–Crippen LogP) is 2.17. The Bertz CT molecular complexity index is 896. The van der Waals surface area contributed by atoms with E-state index in [1.165, 1.54) is 12.1 Å². The fourth-order valence-corrected chi connectivity index (χ4v) is 4.73. The van der Waals surface area contributed by atoms with Gasteiger partial charge in [0.2, 0.25) is 11.8 Å². The molecule has 6 nitrogen and oxygen atoms in total. The van der Waals surface area contributed by atoms with E-state index in [4.69, 9.17) is 0 Å². The molecule has 28 heavy (non-hydrogen) atoms. The summed E-state index contributed by atoms with van der Waals surface area (Å²) in [6, 6.07) is 8.23. The van der Waals surface area contributed by atoms with Crippen LogP contribution in [-0.2, 0) is 23.1 Å². The number of amides is 2. The van der Waals surface area contributed by atoms with E-state index in [9.17, 15) is 14.0 Å². The van der Waals surface area contributed by atoms with E-state index in [1.807, 2.05) is 29.0 Å². The minimum Gasteiger partial charge on any atom is -0.342 e.